The highest BCUT2D eigenvalue weighted by molar-refractivity contribution is 7.92. The molecule has 24 heavy (non-hydrogen) atoms. The largest absolute Gasteiger partial charge is 0.343 e. The fraction of sp³-hybridized carbons (Fsp3) is 0.933. The van der Waals surface area contributed by atoms with Crippen LogP contribution in [0.3, 0.4) is 0 Å². The van der Waals surface area contributed by atoms with Crippen LogP contribution in [0.15, 0.2) is 0 Å². The number of fused-ring (bicyclic) bond motifs is 1. The number of amides is 1. The third-order valence-corrected chi connectivity index (χ3v) is 8.48. The van der Waals surface area contributed by atoms with E-state index in [1.807, 2.05) is 0 Å². The van der Waals surface area contributed by atoms with Gasteiger partial charge in [0, 0.05) is 32.1 Å². The van der Waals surface area contributed by atoms with E-state index in [-0.39, 0.29) is 18.2 Å². The van der Waals surface area contributed by atoms with Gasteiger partial charge in [0.05, 0.1) is 17.3 Å². The molecule has 0 saturated carbocycles. The molecule has 0 aliphatic carbocycles. The summed E-state index contributed by atoms with van der Waals surface area (Å²) in [5.74, 6) is 0.331. The summed E-state index contributed by atoms with van der Waals surface area (Å²) in [5, 5.41) is -0.705. The third-order valence-electron chi connectivity index (χ3n) is 4.95. The number of hydrogen-bond donors (Lipinski definition) is 0. The van der Waals surface area contributed by atoms with Gasteiger partial charge in [-0.1, -0.05) is 13.8 Å². The standard InChI is InChI=1S/C15H28N2O5S2/c1-12(2)4-5-15(18)16-8-6-13-14(7-9-16)24(21,22)11-10-17(13)23(3,19)20/h12-14H,4-11H2,1-3H3/t13-,14+/m0/s1. The van der Waals surface area contributed by atoms with Gasteiger partial charge in [0.25, 0.3) is 0 Å². The molecule has 2 heterocycles. The summed E-state index contributed by atoms with van der Waals surface area (Å²) < 4.78 is 50.2. The van der Waals surface area contributed by atoms with Gasteiger partial charge >= 0.3 is 0 Å². The molecule has 0 bridgehead atoms. The lowest BCUT2D eigenvalue weighted by Crippen LogP contribution is -2.56. The van der Waals surface area contributed by atoms with Crippen molar-refractivity contribution in [1.29, 1.82) is 0 Å². The van der Waals surface area contributed by atoms with E-state index in [2.05, 4.69) is 13.8 Å². The van der Waals surface area contributed by atoms with Crippen molar-refractivity contribution in [2.75, 3.05) is 31.6 Å². The van der Waals surface area contributed by atoms with Gasteiger partial charge < -0.3 is 4.90 Å². The Kier molecular flexibility index (Phi) is 5.97. The number of nitrogens with zero attached hydrogens (tertiary/aromatic N) is 2. The smallest absolute Gasteiger partial charge is 0.222 e. The molecule has 0 spiro atoms. The van der Waals surface area contributed by atoms with E-state index in [0.29, 0.717) is 38.3 Å². The van der Waals surface area contributed by atoms with E-state index in [1.165, 1.54) is 4.31 Å². The summed E-state index contributed by atoms with van der Waals surface area (Å²) in [5.41, 5.74) is 0. The second-order valence-electron chi connectivity index (χ2n) is 7.24. The molecule has 0 aromatic carbocycles. The summed E-state index contributed by atoms with van der Waals surface area (Å²) in [6.07, 6.45) is 3.07. The molecule has 0 unspecified atom stereocenters. The first kappa shape index (κ1) is 19.7. The maximum atomic E-state index is 12.4. The first-order valence-electron chi connectivity index (χ1n) is 8.48. The molecule has 0 N–H and O–H groups in total. The Balaban J connectivity index is 2.16. The average molecular weight is 381 g/mol. The van der Waals surface area contributed by atoms with E-state index in [4.69, 9.17) is 0 Å². The monoisotopic (exact) mass is 380 g/mol. The Hall–Kier alpha value is -0.670. The van der Waals surface area contributed by atoms with Crippen molar-refractivity contribution >= 4 is 25.8 Å². The Labute approximate surface area is 145 Å². The van der Waals surface area contributed by atoms with E-state index in [9.17, 15) is 21.6 Å². The molecule has 2 atom stereocenters. The Morgan fingerprint density at radius 2 is 1.79 bits per heavy atom. The van der Waals surface area contributed by atoms with Crippen LogP contribution in [0.4, 0.5) is 0 Å². The second kappa shape index (κ2) is 7.29. The fourth-order valence-corrected chi connectivity index (χ4v) is 6.92. The van der Waals surface area contributed by atoms with Crippen LogP contribution in [0.1, 0.15) is 39.5 Å². The molecule has 2 rings (SSSR count). The highest BCUT2D eigenvalue weighted by atomic mass is 32.2. The first-order valence-corrected chi connectivity index (χ1v) is 12.0. The molecular weight excluding hydrogens is 352 g/mol. The van der Waals surface area contributed by atoms with Crippen molar-refractivity contribution in [3.63, 3.8) is 0 Å². The van der Waals surface area contributed by atoms with Crippen LogP contribution in [0.25, 0.3) is 0 Å². The lowest BCUT2D eigenvalue weighted by molar-refractivity contribution is -0.131. The Morgan fingerprint density at radius 3 is 2.38 bits per heavy atom. The maximum absolute atomic E-state index is 12.4. The van der Waals surface area contributed by atoms with Crippen LogP contribution >= 0.6 is 0 Å². The highest BCUT2D eigenvalue weighted by Crippen LogP contribution is 2.29. The zero-order valence-electron chi connectivity index (χ0n) is 14.6. The van der Waals surface area contributed by atoms with Gasteiger partial charge in [0.1, 0.15) is 0 Å². The van der Waals surface area contributed by atoms with Gasteiger partial charge in [-0.3, -0.25) is 4.79 Å². The van der Waals surface area contributed by atoms with Crippen molar-refractivity contribution in [2.45, 2.75) is 50.8 Å². The molecule has 2 saturated heterocycles. The number of carbonyl (C=O) groups is 1. The van der Waals surface area contributed by atoms with Crippen LogP contribution in [0.2, 0.25) is 0 Å². The van der Waals surface area contributed by atoms with Crippen molar-refractivity contribution in [3.05, 3.63) is 0 Å². The predicted molar refractivity (Wildman–Crippen MR) is 92.8 cm³/mol. The minimum absolute atomic E-state index is 0.0175. The molecule has 140 valence electrons. The number of hydrogen-bond acceptors (Lipinski definition) is 5. The van der Waals surface area contributed by atoms with Gasteiger partial charge in [-0.15, -0.1) is 0 Å². The lowest BCUT2D eigenvalue weighted by Gasteiger charge is -2.38. The minimum atomic E-state index is -3.46. The minimum Gasteiger partial charge on any atom is -0.343 e. The number of sulfone groups is 1. The zero-order valence-corrected chi connectivity index (χ0v) is 16.3. The third kappa shape index (κ3) is 4.49. The van der Waals surface area contributed by atoms with Crippen molar-refractivity contribution < 1.29 is 21.6 Å². The molecule has 2 aliphatic rings. The van der Waals surface area contributed by atoms with Crippen LogP contribution in [-0.2, 0) is 24.7 Å². The summed E-state index contributed by atoms with van der Waals surface area (Å²) in [7, 11) is -6.78. The Bertz CT molecular complexity index is 672. The zero-order chi connectivity index (χ0) is 18.1. The van der Waals surface area contributed by atoms with Gasteiger partial charge in [-0.25, -0.2) is 16.8 Å². The number of rotatable bonds is 4. The molecule has 2 aliphatic heterocycles. The number of sulfonamides is 1. The Morgan fingerprint density at radius 1 is 1.17 bits per heavy atom. The molecule has 7 nitrogen and oxygen atoms in total. The normalized spacial score (nSPS) is 28.4. The maximum Gasteiger partial charge on any atom is 0.222 e. The van der Waals surface area contributed by atoms with E-state index >= 15 is 0 Å². The molecule has 0 aromatic rings. The SMILES string of the molecule is CC(C)CCC(=O)N1CC[C@@H]2[C@H](CC1)N(S(C)(=O)=O)CCS2(=O)=O. The fourth-order valence-electron chi connectivity index (χ4n) is 3.58. The van der Waals surface area contributed by atoms with Gasteiger partial charge in [-0.2, -0.15) is 4.31 Å². The van der Waals surface area contributed by atoms with Crippen molar-refractivity contribution in [2.24, 2.45) is 5.92 Å². The van der Waals surface area contributed by atoms with E-state index < -0.39 is 31.2 Å². The summed E-state index contributed by atoms with van der Waals surface area (Å²) >= 11 is 0. The lowest BCUT2D eigenvalue weighted by atomic mass is 10.1. The van der Waals surface area contributed by atoms with Crippen molar-refractivity contribution in [3.8, 4) is 0 Å². The topological polar surface area (TPSA) is 91.8 Å². The quantitative estimate of drug-likeness (QED) is 0.707. The molecule has 1 amide bonds. The summed E-state index contributed by atoms with van der Waals surface area (Å²) in [6, 6.07) is -0.554. The molecule has 0 radical (unpaired) electrons. The molecule has 9 heteroatoms. The average Bonchev–Trinajstić information content (AvgIpc) is 2.67. The van der Waals surface area contributed by atoms with Crippen LogP contribution in [0.5, 0.6) is 0 Å². The molecule has 2 fully saturated rings. The number of carbonyl (C=O) groups excluding carboxylic acids is 1. The highest BCUT2D eigenvalue weighted by Gasteiger charge is 2.46. The number of likely N-dealkylation sites (tertiary alicyclic amines) is 1. The predicted octanol–water partition coefficient (Wildman–Crippen LogP) is 0.472. The van der Waals surface area contributed by atoms with Crippen LogP contribution in [0, 0.1) is 5.92 Å². The first-order chi connectivity index (χ1) is 11.0. The van der Waals surface area contributed by atoms with Crippen LogP contribution < -0.4 is 0 Å². The van der Waals surface area contributed by atoms with Crippen LogP contribution in [-0.4, -0.2) is 74.9 Å². The summed E-state index contributed by atoms with van der Waals surface area (Å²) in [4.78, 5) is 14.1. The van der Waals surface area contributed by atoms with Gasteiger partial charge in [0.2, 0.25) is 15.9 Å². The molecular formula is C15H28N2O5S2. The summed E-state index contributed by atoms with van der Waals surface area (Å²) in [6.45, 7) is 4.93. The van der Waals surface area contributed by atoms with Gasteiger partial charge in [0.15, 0.2) is 9.84 Å². The van der Waals surface area contributed by atoms with Crippen molar-refractivity contribution in [1.82, 2.24) is 9.21 Å². The van der Waals surface area contributed by atoms with E-state index in [1.54, 1.807) is 4.90 Å². The molecule has 0 aromatic heterocycles. The van der Waals surface area contributed by atoms with Gasteiger partial charge in [-0.05, 0) is 25.2 Å². The second-order valence-corrected chi connectivity index (χ2v) is 11.5. The van der Waals surface area contributed by atoms with E-state index in [0.717, 1.165) is 12.7 Å².